The zero-order valence-corrected chi connectivity index (χ0v) is 16.1. The minimum Gasteiger partial charge on any atom is -0.493 e. The Bertz CT molecular complexity index is 932. The lowest BCUT2D eigenvalue weighted by atomic mass is 10.2. The van der Waals surface area contributed by atoms with Crippen LogP contribution < -0.4 is 20.1 Å². The topological polar surface area (TPSA) is 72.5 Å². The Morgan fingerprint density at radius 2 is 1.79 bits per heavy atom. The van der Waals surface area contributed by atoms with E-state index in [1.807, 2.05) is 36.4 Å². The van der Waals surface area contributed by atoms with Crippen molar-refractivity contribution in [2.45, 2.75) is 6.54 Å². The van der Waals surface area contributed by atoms with Gasteiger partial charge in [-0.05, 0) is 35.9 Å². The molecule has 0 bridgehead atoms. The lowest BCUT2D eigenvalue weighted by molar-refractivity contribution is -0.118. The van der Waals surface area contributed by atoms with Crippen molar-refractivity contribution in [3.8, 4) is 11.5 Å². The standard InChI is InChI=1S/C21H20ClN3O3/c1-27-18-8-4-5-9-19(18)28-14-21(26)25-16-10-11-20(24-13-16)23-12-15-6-2-3-7-17(15)22/h2-11,13H,12,14H2,1H3,(H,23,24)(H,25,26). The molecule has 0 atom stereocenters. The van der Waals surface area contributed by atoms with Crippen LogP contribution >= 0.6 is 11.6 Å². The van der Waals surface area contributed by atoms with Gasteiger partial charge in [0.15, 0.2) is 18.1 Å². The summed E-state index contributed by atoms with van der Waals surface area (Å²) in [4.78, 5) is 16.4. The molecule has 6 nitrogen and oxygen atoms in total. The Morgan fingerprint density at radius 3 is 2.50 bits per heavy atom. The lowest BCUT2D eigenvalue weighted by Crippen LogP contribution is -2.20. The number of methoxy groups -OCH3 is 1. The molecule has 0 radical (unpaired) electrons. The first-order valence-corrected chi connectivity index (χ1v) is 9.02. The van der Waals surface area contributed by atoms with Crippen LogP contribution in [0.25, 0.3) is 0 Å². The summed E-state index contributed by atoms with van der Waals surface area (Å²) < 4.78 is 10.7. The third-order valence-corrected chi connectivity index (χ3v) is 4.26. The quantitative estimate of drug-likeness (QED) is 0.590. The number of hydrogen-bond acceptors (Lipinski definition) is 5. The normalized spacial score (nSPS) is 10.2. The molecule has 1 heterocycles. The van der Waals surface area contributed by atoms with Crippen LogP contribution in [-0.2, 0) is 11.3 Å². The molecule has 0 fully saturated rings. The van der Waals surface area contributed by atoms with Crippen LogP contribution in [0.1, 0.15) is 5.56 Å². The number of hydrogen-bond donors (Lipinski definition) is 2. The predicted octanol–water partition coefficient (Wildman–Crippen LogP) is 4.37. The number of ether oxygens (including phenoxy) is 2. The van der Waals surface area contributed by atoms with Gasteiger partial charge in [-0.15, -0.1) is 0 Å². The second-order valence-corrected chi connectivity index (χ2v) is 6.27. The Kier molecular flexibility index (Phi) is 6.70. The first-order valence-electron chi connectivity index (χ1n) is 8.64. The van der Waals surface area contributed by atoms with Gasteiger partial charge in [0.05, 0.1) is 19.0 Å². The molecule has 2 N–H and O–H groups in total. The van der Waals surface area contributed by atoms with Crippen molar-refractivity contribution in [1.82, 2.24) is 4.98 Å². The molecular weight excluding hydrogens is 378 g/mol. The molecule has 0 spiro atoms. The van der Waals surface area contributed by atoms with E-state index in [9.17, 15) is 4.79 Å². The third-order valence-electron chi connectivity index (χ3n) is 3.89. The van der Waals surface area contributed by atoms with Gasteiger partial charge in [-0.3, -0.25) is 4.79 Å². The summed E-state index contributed by atoms with van der Waals surface area (Å²) in [5.74, 6) is 1.48. The molecule has 7 heteroatoms. The summed E-state index contributed by atoms with van der Waals surface area (Å²) >= 11 is 6.14. The zero-order valence-electron chi connectivity index (χ0n) is 15.3. The molecule has 3 aromatic rings. The number of anilines is 2. The highest BCUT2D eigenvalue weighted by molar-refractivity contribution is 6.31. The average molecular weight is 398 g/mol. The molecule has 0 saturated heterocycles. The van der Waals surface area contributed by atoms with Gasteiger partial charge in [0, 0.05) is 11.6 Å². The molecule has 0 aliphatic rings. The summed E-state index contributed by atoms with van der Waals surface area (Å²) in [6.07, 6.45) is 1.58. The number of nitrogens with one attached hydrogen (secondary N) is 2. The molecule has 0 aliphatic carbocycles. The van der Waals surface area contributed by atoms with Crippen LogP contribution in [0.5, 0.6) is 11.5 Å². The van der Waals surface area contributed by atoms with E-state index < -0.39 is 0 Å². The average Bonchev–Trinajstić information content (AvgIpc) is 2.73. The Morgan fingerprint density at radius 1 is 1.04 bits per heavy atom. The van der Waals surface area contributed by atoms with E-state index in [-0.39, 0.29) is 12.5 Å². The van der Waals surface area contributed by atoms with Gasteiger partial charge < -0.3 is 20.1 Å². The molecule has 0 saturated carbocycles. The van der Waals surface area contributed by atoms with Crippen LogP contribution in [0.4, 0.5) is 11.5 Å². The lowest BCUT2D eigenvalue weighted by Gasteiger charge is -2.11. The summed E-state index contributed by atoms with van der Waals surface area (Å²) in [5.41, 5.74) is 1.56. The number of benzene rings is 2. The molecule has 0 aliphatic heterocycles. The number of para-hydroxylation sites is 2. The fourth-order valence-corrected chi connectivity index (χ4v) is 2.68. The fraction of sp³-hybridized carbons (Fsp3) is 0.143. The summed E-state index contributed by atoms with van der Waals surface area (Å²) in [5, 5.41) is 6.64. The summed E-state index contributed by atoms with van der Waals surface area (Å²) in [6.45, 7) is 0.429. The predicted molar refractivity (Wildman–Crippen MR) is 110 cm³/mol. The number of nitrogens with zero attached hydrogens (tertiary/aromatic N) is 1. The second-order valence-electron chi connectivity index (χ2n) is 5.86. The summed E-state index contributed by atoms with van der Waals surface area (Å²) in [7, 11) is 1.55. The molecule has 28 heavy (non-hydrogen) atoms. The Hall–Kier alpha value is -3.25. The van der Waals surface area contributed by atoms with Crippen LogP contribution in [0.15, 0.2) is 66.9 Å². The van der Waals surface area contributed by atoms with Crippen molar-refractivity contribution < 1.29 is 14.3 Å². The first kappa shape index (κ1) is 19.5. The molecule has 0 unspecified atom stereocenters. The Balaban J connectivity index is 1.49. The van der Waals surface area contributed by atoms with Gasteiger partial charge in [-0.2, -0.15) is 0 Å². The second kappa shape index (κ2) is 9.62. The zero-order chi connectivity index (χ0) is 19.8. The molecular formula is C21H20ClN3O3. The first-order chi connectivity index (χ1) is 13.7. The van der Waals surface area contributed by atoms with Gasteiger partial charge in [0.25, 0.3) is 5.91 Å². The highest BCUT2D eigenvalue weighted by Gasteiger charge is 2.08. The third kappa shape index (κ3) is 5.37. The van der Waals surface area contributed by atoms with Gasteiger partial charge in [0.2, 0.25) is 0 Å². The maximum atomic E-state index is 12.1. The van der Waals surface area contributed by atoms with Crippen molar-refractivity contribution in [3.63, 3.8) is 0 Å². The molecule has 144 valence electrons. The van der Waals surface area contributed by atoms with E-state index in [1.54, 1.807) is 37.6 Å². The van der Waals surface area contributed by atoms with Crippen molar-refractivity contribution in [2.75, 3.05) is 24.4 Å². The summed E-state index contributed by atoms with van der Waals surface area (Å²) in [6, 6.07) is 18.3. The number of pyridine rings is 1. The van der Waals surface area contributed by atoms with E-state index in [2.05, 4.69) is 15.6 Å². The van der Waals surface area contributed by atoms with Gasteiger partial charge >= 0.3 is 0 Å². The maximum Gasteiger partial charge on any atom is 0.262 e. The van der Waals surface area contributed by atoms with Gasteiger partial charge in [-0.25, -0.2) is 4.98 Å². The monoisotopic (exact) mass is 397 g/mol. The van der Waals surface area contributed by atoms with Gasteiger partial charge in [0.1, 0.15) is 5.82 Å². The van der Waals surface area contributed by atoms with Crippen molar-refractivity contribution in [3.05, 3.63) is 77.4 Å². The number of amides is 1. The molecule has 3 rings (SSSR count). The van der Waals surface area contributed by atoms with E-state index in [0.717, 1.165) is 5.56 Å². The Labute approximate surface area is 168 Å². The van der Waals surface area contributed by atoms with Crippen molar-refractivity contribution >= 4 is 29.0 Å². The van der Waals surface area contributed by atoms with E-state index >= 15 is 0 Å². The number of carbonyl (C=O) groups is 1. The highest BCUT2D eigenvalue weighted by Crippen LogP contribution is 2.25. The largest absolute Gasteiger partial charge is 0.493 e. The molecule has 1 amide bonds. The number of aromatic nitrogens is 1. The van der Waals surface area contributed by atoms with Crippen LogP contribution in [0.3, 0.4) is 0 Å². The van der Waals surface area contributed by atoms with Crippen LogP contribution in [0, 0.1) is 0 Å². The maximum absolute atomic E-state index is 12.1. The fourth-order valence-electron chi connectivity index (χ4n) is 2.48. The number of carbonyl (C=O) groups excluding carboxylic acids is 1. The SMILES string of the molecule is COc1ccccc1OCC(=O)Nc1ccc(NCc2ccccc2Cl)nc1. The molecule has 1 aromatic heterocycles. The van der Waals surface area contributed by atoms with Gasteiger partial charge in [-0.1, -0.05) is 41.9 Å². The number of halogens is 1. The number of rotatable bonds is 8. The minimum atomic E-state index is -0.288. The smallest absolute Gasteiger partial charge is 0.262 e. The van der Waals surface area contributed by atoms with Crippen LogP contribution in [0.2, 0.25) is 5.02 Å². The minimum absolute atomic E-state index is 0.132. The van der Waals surface area contributed by atoms with E-state index in [0.29, 0.717) is 34.6 Å². The van der Waals surface area contributed by atoms with Crippen molar-refractivity contribution in [2.24, 2.45) is 0 Å². The molecule has 2 aromatic carbocycles. The van der Waals surface area contributed by atoms with E-state index in [1.165, 1.54) is 0 Å². The van der Waals surface area contributed by atoms with E-state index in [4.69, 9.17) is 21.1 Å². The van der Waals surface area contributed by atoms with Crippen molar-refractivity contribution in [1.29, 1.82) is 0 Å². The highest BCUT2D eigenvalue weighted by atomic mass is 35.5. The van der Waals surface area contributed by atoms with Crippen LogP contribution in [-0.4, -0.2) is 24.6 Å².